The van der Waals surface area contributed by atoms with Crippen LogP contribution < -0.4 is 25.9 Å². The predicted octanol–water partition coefficient (Wildman–Crippen LogP) is 1.23. The zero-order valence-corrected chi connectivity index (χ0v) is 21.1. The molecule has 1 aromatic carbocycles. The summed E-state index contributed by atoms with van der Waals surface area (Å²) in [4.78, 5) is 37.8. The highest BCUT2D eigenvalue weighted by Gasteiger charge is 2.55. The van der Waals surface area contributed by atoms with Crippen molar-refractivity contribution in [1.29, 1.82) is 0 Å². The third kappa shape index (κ3) is 6.48. The van der Waals surface area contributed by atoms with E-state index in [-0.39, 0.29) is 5.75 Å². The number of aliphatic hydroxyl groups is 1. The molecular formula is C22H30FN4O8P. The molecule has 14 heteroatoms. The Kier molecular flexibility index (Phi) is 8.52. The zero-order chi connectivity index (χ0) is 26.7. The first-order valence-electron chi connectivity index (χ1n) is 11.2. The molecule has 1 aromatic heterocycles. The maximum atomic E-state index is 15.5. The summed E-state index contributed by atoms with van der Waals surface area (Å²) in [5, 5.41) is 15.8. The molecule has 0 saturated carbocycles. The van der Waals surface area contributed by atoms with E-state index in [2.05, 4.69) is 10.2 Å². The smallest absolute Gasteiger partial charge is 0.391 e. The fourth-order valence-corrected chi connectivity index (χ4v) is 5.24. The quantitative estimate of drug-likeness (QED) is 0.261. The van der Waals surface area contributed by atoms with Gasteiger partial charge in [-0.3, -0.25) is 19.1 Å². The fraction of sp³-hybridized carbons (Fsp3) is 0.500. The normalized spacial score (nSPS) is 26.4. The Morgan fingerprint density at radius 1 is 1.28 bits per heavy atom. The molecule has 6 atom stereocenters. The second-order valence-electron chi connectivity index (χ2n) is 8.79. The molecule has 3 rings (SSSR count). The van der Waals surface area contributed by atoms with Crippen molar-refractivity contribution in [2.24, 2.45) is 0 Å². The van der Waals surface area contributed by atoms with Crippen LogP contribution in [0.25, 0.3) is 0 Å². The number of rotatable bonds is 10. The summed E-state index contributed by atoms with van der Waals surface area (Å²) in [6.45, 7) is 5.42. The molecule has 2 heterocycles. The van der Waals surface area contributed by atoms with Gasteiger partial charge in [-0.05, 0) is 39.8 Å². The number of benzene rings is 1. The first kappa shape index (κ1) is 27.8. The van der Waals surface area contributed by atoms with E-state index in [9.17, 15) is 24.1 Å². The van der Waals surface area contributed by atoms with Gasteiger partial charge in [-0.25, -0.2) is 23.9 Å². The molecule has 36 heavy (non-hydrogen) atoms. The number of ether oxygens (including phenoxy) is 2. The average Bonchev–Trinajstić information content (AvgIpc) is 3.01. The summed E-state index contributed by atoms with van der Waals surface area (Å²) in [6, 6.07) is 8.09. The molecule has 0 amide bonds. The molecule has 1 aliphatic rings. The largest absolute Gasteiger partial charge is 0.462 e. The third-order valence-electron chi connectivity index (χ3n) is 5.37. The number of H-pyrrole nitrogens is 1. The van der Waals surface area contributed by atoms with Crippen LogP contribution >= 0.6 is 7.67 Å². The van der Waals surface area contributed by atoms with Crippen LogP contribution in [0, 0.1) is 0 Å². The molecular weight excluding hydrogens is 498 g/mol. The van der Waals surface area contributed by atoms with Gasteiger partial charge in [0.05, 0.1) is 6.10 Å². The number of nitrogens with one attached hydrogen (secondary N) is 3. The van der Waals surface area contributed by atoms with E-state index in [4.69, 9.17) is 14.0 Å². The highest BCUT2D eigenvalue weighted by molar-refractivity contribution is 7.55. The lowest BCUT2D eigenvalue weighted by atomic mass is 9.98. The molecule has 12 nitrogen and oxygen atoms in total. The van der Waals surface area contributed by atoms with E-state index in [0.717, 1.165) is 23.8 Å². The number of esters is 1. The van der Waals surface area contributed by atoms with Crippen LogP contribution in [0.2, 0.25) is 0 Å². The van der Waals surface area contributed by atoms with E-state index >= 15 is 4.39 Å². The molecule has 1 saturated heterocycles. The Labute approximate surface area is 206 Å². The van der Waals surface area contributed by atoms with Gasteiger partial charge >= 0.3 is 19.3 Å². The maximum Gasteiger partial charge on any atom is 0.391 e. The van der Waals surface area contributed by atoms with Crippen molar-refractivity contribution < 1.29 is 32.9 Å². The van der Waals surface area contributed by atoms with E-state index in [1.54, 1.807) is 44.2 Å². The number of carbonyl (C=O) groups is 1. The van der Waals surface area contributed by atoms with E-state index in [1.165, 1.54) is 6.92 Å². The predicted molar refractivity (Wildman–Crippen MR) is 127 cm³/mol. The van der Waals surface area contributed by atoms with Gasteiger partial charge < -0.3 is 19.1 Å². The Hall–Kier alpha value is -2.83. The molecule has 6 unspecified atom stereocenters. The number of alkyl halides is 1. The highest BCUT2D eigenvalue weighted by Crippen LogP contribution is 2.43. The summed E-state index contributed by atoms with van der Waals surface area (Å²) < 4.78 is 46.3. The van der Waals surface area contributed by atoms with E-state index in [0.29, 0.717) is 0 Å². The van der Waals surface area contributed by atoms with Crippen molar-refractivity contribution in [3.8, 4) is 5.75 Å². The summed E-state index contributed by atoms with van der Waals surface area (Å²) >= 11 is 0. The number of hydrogen-bond acceptors (Lipinski definition) is 8. The number of aromatic nitrogens is 2. The minimum atomic E-state index is -4.05. The molecule has 1 aliphatic heterocycles. The van der Waals surface area contributed by atoms with Crippen LogP contribution in [0.1, 0.15) is 33.9 Å². The topological polar surface area (TPSA) is 161 Å². The molecule has 0 radical (unpaired) electrons. The lowest BCUT2D eigenvalue weighted by molar-refractivity contribution is -0.149. The Bertz CT molecular complexity index is 1220. The number of hydrogen-bond donors (Lipinski definition) is 4. The van der Waals surface area contributed by atoms with Gasteiger partial charge in [-0.2, -0.15) is 0 Å². The van der Waals surface area contributed by atoms with Crippen LogP contribution in [0.3, 0.4) is 0 Å². The van der Waals surface area contributed by atoms with Crippen LogP contribution in [-0.4, -0.2) is 57.2 Å². The van der Waals surface area contributed by atoms with Gasteiger partial charge in [-0.15, -0.1) is 0 Å². The molecule has 0 bridgehead atoms. The Morgan fingerprint density at radius 3 is 2.56 bits per heavy atom. The number of halogens is 1. The van der Waals surface area contributed by atoms with Gasteiger partial charge in [0.15, 0.2) is 11.9 Å². The van der Waals surface area contributed by atoms with Crippen molar-refractivity contribution in [3.05, 3.63) is 63.4 Å². The minimum absolute atomic E-state index is 0.214. The second kappa shape index (κ2) is 11.1. The standard InChI is InChI=1S/C22H30FN4O8P/c1-13(2)33-19(30)14(3)26-36(32,35-15-8-6-5-7-9-15)24-12-16-18(29)22(4,23)20(34-16)27-11-10-17(28)25-21(27)31/h5-11,13-14,16,18,20,29H,12H2,1-4H3,(H2,24,26,32)(H,25,28,31). The average molecular weight is 528 g/mol. The lowest BCUT2D eigenvalue weighted by Crippen LogP contribution is -2.45. The fourth-order valence-electron chi connectivity index (χ4n) is 3.58. The first-order valence-corrected chi connectivity index (χ1v) is 12.9. The van der Waals surface area contributed by atoms with E-state index < -0.39 is 67.7 Å². The highest BCUT2D eigenvalue weighted by atomic mass is 31.2. The van der Waals surface area contributed by atoms with Gasteiger partial charge in [0, 0.05) is 18.8 Å². The maximum absolute atomic E-state index is 15.5. The minimum Gasteiger partial charge on any atom is -0.462 e. The molecule has 1 fully saturated rings. The SMILES string of the molecule is CC(C)OC(=O)C(C)NP(=O)(NCC1OC(n2ccc(=O)[nH]c2=O)C(C)(F)C1O)Oc1ccccc1. The van der Waals surface area contributed by atoms with Crippen molar-refractivity contribution >= 4 is 13.6 Å². The number of carbonyl (C=O) groups excluding carboxylic acids is 1. The number of nitrogens with zero attached hydrogens (tertiary/aromatic N) is 1. The zero-order valence-electron chi connectivity index (χ0n) is 20.2. The van der Waals surface area contributed by atoms with Crippen molar-refractivity contribution in [1.82, 2.24) is 19.7 Å². The Morgan fingerprint density at radius 2 is 1.94 bits per heavy atom. The van der Waals surface area contributed by atoms with Crippen LogP contribution in [-0.2, 0) is 18.8 Å². The van der Waals surface area contributed by atoms with Gasteiger partial charge in [0.2, 0.25) is 0 Å². The third-order valence-corrected chi connectivity index (χ3v) is 7.16. The van der Waals surface area contributed by atoms with Crippen molar-refractivity contribution in [2.75, 3.05) is 6.54 Å². The first-order chi connectivity index (χ1) is 16.8. The molecule has 198 valence electrons. The van der Waals surface area contributed by atoms with Crippen molar-refractivity contribution in [2.45, 2.75) is 63.9 Å². The van der Waals surface area contributed by atoms with Crippen LogP contribution in [0.5, 0.6) is 5.75 Å². The van der Waals surface area contributed by atoms with Gasteiger partial charge in [0.1, 0.15) is 24.0 Å². The summed E-state index contributed by atoms with van der Waals surface area (Å²) in [6.07, 6.45) is -3.95. The van der Waals surface area contributed by atoms with Gasteiger partial charge in [-0.1, -0.05) is 18.2 Å². The number of aromatic amines is 1. The van der Waals surface area contributed by atoms with Crippen LogP contribution in [0.15, 0.2) is 52.2 Å². The summed E-state index contributed by atoms with van der Waals surface area (Å²) in [5.74, 6) is -0.458. The number of aliphatic hydroxyl groups excluding tert-OH is 1. The summed E-state index contributed by atoms with van der Waals surface area (Å²) in [5.41, 5.74) is -4.04. The van der Waals surface area contributed by atoms with Gasteiger partial charge in [0.25, 0.3) is 5.56 Å². The molecule has 0 aliphatic carbocycles. The van der Waals surface area contributed by atoms with Crippen LogP contribution in [0.4, 0.5) is 4.39 Å². The summed E-state index contributed by atoms with van der Waals surface area (Å²) in [7, 11) is -4.05. The second-order valence-corrected chi connectivity index (χ2v) is 10.7. The lowest BCUT2D eigenvalue weighted by Gasteiger charge is -2.26. The van der Waals surface area contributed by atoms with E-state index in [1.807, 2.05) is 4.98 Å². The molecule has 0 spiro atoms. The molecule has 2 aromatic rings. The number of para-hydroxylation sites is 1. The van der Waals surface area contributed by atoms with Crippen molar-refractivity contribution in [3.63, 3.8) is 0 Å². The monoisotopic (exact) mass is 528 g/mol. The Balaban J connectivity index is 1.80. The molecule has 4 N–H and O–H groups in total.